The third-order valence-electron chi connectivity index (χ3n) is 7.39. The number of nitriles is 1. The molecule has 0 radical (unpaired) electrons. The lowest BCUT2D eigenvalue weighted by molar-refractivity contribution is 0.297. The van der Waals surface area contributed by atoms with Gasteiger partial charge in [0.2, 0.25) is 0 Å². The summed E-state index contributed by atoms with van der Waals surface area (Å²) in [5.74, 6) is 2.25. The van der Waals surface area contributed by atoms with E-state index in [1.165, 1.54) is 48.9 Å². The Bertz CT molecular complexity index is 1430. The summed E-state index contributed by atoms with van der Waals surface area (Å²) in [5, 5.41) is 11.2. The van der Waals surface area contributed by atoms with Crippen molar-refractivity contribution in [3.8, 4) is 34.4 Å². The first-order valence-electron chi connectivity index (χ1n) is 15.4. The van der Waals surface area contributed by atoms with E-state index in [0.717, 1.165) is 68.1 Å². The summed E-state index contributed by atoms with van der Waals surface area (Å²) in [6.45, 7) is 4.40. The molecule has 0 N–H and O–H groups in total. The molecule has 4 nitrogen and oxygen atoms in total. The maximum absolute atomic E-state index is 14.2. The predicted molar refractivity (Wildman–Crippen MR) is 169 cm³/mol. The molecule has 42 heavy (non-hydrogen) atoms. The van der Waals surface area contributed by atoms with E-state index in [2.05, 4.69) is 31.2 Å². The maximum atomic E-state index is 14.2. The van der Waals surface area contributed by atoms with Crippen molar-refractivity contribution in [2.45, 2.75) is 71.1 Å². The fraction of sp³-hybridized carbons (Fsp3) is 0.378. The van der Waals surface area contributed by atoms with Crippen LogP contribution >= 0.6 is 0 Å². The van der Waals surface area contributed by atoms with Gasteiger partial charge in [-0.3, -0.25) is 0 Å². The number of hydrogen-bond acceptors (Lipinski definition) is 4. The van der Waals surface area contributed by atoms with Crippen molar-refractivity contribution in [2.24, 2.45) is 0 Å². The third kappa shape index (κ3) is 9.80. The molecule has 220 valence electrons. The number of hydrogen-bond donors (Lipinski definition) is 0. The van der Waals surface area contributed by atoms with Crippen molar-refractivity contribution in [2.75, 3.05) is 19.8 Å². The van der Waals surface area contributed by atoms with Crippen LogP contribution in [-0.2, 0) is 0 Å². The van der Waals surface area contributed by atoms with E-state index in [1.54, 1.807) is 12.1 Å². The molecule has 0 aliphatic rings. The minimum atomic E-state index is -0.393. The molecule has 0 amide bonds. The van der Waals surface area contributed by atoms with Crippen molar-refractivity contribution >= 4 is 10.8 Å². The molecule has 0 saturated heterocycles. The molecule has 4 aromatic carbocycles. The van der Waals surface area contributed by atoms with Crippen molar-refractivity contribution in [1.82, 2.24) is 0 Å². The average molecular weight is 568 g/mol. The van der Waals surface area contributed by atoms with Gasteiger partial charge < -0.3 is 14.2 Å². The first kappa shape index (κ1) is 30.9. The van der Waals surface area contributed by atoms with E-state index in [9.17, 15) is 4.39 Å². The quantitative estimate of drug-likeness (QED) is 0.112. The first-order chi connectivity index (χ1) is 20.7. The fourth-order valence-corrected chi connectivity index (χ4v) is 4.94. The Balaban J connectivity index is 1.05. The van der Waals surface area contributed by atoms with Crippen LogP contribution in [0.25, 0.3) is 21.9 Å². The lowest BCUT2D eigenvalue weighted by Crippen LogP contribution is -1.99. The summed E-state index contributed by atoms with van der Waals surface area (Å²) in [7, 11) is 0. The molecular formula is C37H42FNO3. The molecule has 0 aromatic heterocycles. The summed E-state index contributed by atoms with van der Waals surface area (Å²) < 4.78 is 32.0. The van der Waals surface area contributed by atoms with Gasteiger partial charge in [-0.15, -0.1) is 0 Å². The standard InChI is InChI=1S/C37H42FNO3/c1-2-3-4-9-23-41-34-19-15-32-27-35(20-16-31(32)26-34)42-24-11-8-6-5-7-10-22-40-33-17-13-30(14-18-33)36-21-12-29(28-39)25-37(36)38/h12-21,25-27H,2-11,22-24H2,1H3. The van der Waals surface area contributed by atoms with Crippen molar-refractivity contribution in [3.63, 3.8) is 0 Å². The van der Waals surface area contributed by atoms with Crippen LogP contribution in [0.1, 0.15) is 76.7 Å². The van der Waals surface area contributed by atoms with Crippen LogP contribution in [0.2, 0.25) is 0 Å². The Morgan fingerprint density at radius 1 is 0.571 bits per heavy atom. The third-order valence-corrected chi connectivity index (χ3v) is 7.39. The highest BCUT2D eigenvalue weighted by Gasteiger charge is 2.07. The average Bonchev–Trinajstić information content (AvgIpc) is 3.02. The van der Waals surface area contributed by atoms with Crippen molar-refractivity contribution in [1.29, 1.82) is 5.26 Å². The van der Waals surface area contributed by atoms with Crippen LogP contribution in [0.5, 0.6) is 17.2 Å². The van der Waals surface area contributed by atoms with Gasteiger partial charge in [0.1, 0.15) is 23.1 Å². The number of unbranched alkanes of at least 4 members (excludes halogenated alkanes) is 8. The second-order valence-electron chi connectivity index (χ2n) is 10.7. The van der Waals surface area contributed by atoms with Gasteiger partial charge >= 0.3 is 0 Å². The highest BCUT2D eigenvalue weighted by molar-refractivity contribution is 5.85. The van der Waals surface area contributed by atoms with E-state index in [-0.39, 0.29) is 0 Å². The van der Waals surface area contributed by atoms with Crippen LogP contribution in [0.15, 0.2) is 78.9 Å². The largest absolute Gasteiger partial charge is 0.494 e. The van der Waals surface area contributed by atoms with Gasteiger partial charge in [-0.2, -0.15) is 5.26 Å². The number of halogens is 1. The molecule has 0 aliphatic heterocycles. The van der Waals surface area contributed by atoms with Crippen LogP contribution in [-0.4, -0.2) is 19.8 Å². The summed E-state index contributed by atoms with van der Waals surface area (Å²) >= 11 is 0. The zero-order valence-corrected chi connectivity index (χ0v) is 24.7. The molecule has 4 rings (SSSR count). The van der Waals surface area contributed by atoms with Crippen LogP contribution < -0.4 is 14.2 Å². The molecule has 0 unspecified atom stereocenters. The van der Waals surface area contributed by atoms with E-state index in [1.807, 2.05) is 42.5 Å². The van der Waals surface area contributed by atoms with Gasteiger partial charge in [-0.25, -0.2) is 4.39 Å². The Morgan fingerprint density at radius 2 is 1.07 bits per heavy atom. The summed E-state index contributed by atoms with van der Waals surface area (Å²) in [6, 6.07) is 26.5. The number of rotatable bonds is 18. The van der Waals surface area contributed by atoms with E-state index >= 15 is 0 Å². The molecule has 0 heterocycles. The number of fused-ring (bicyclic) bond motifs is 1. The monoisotopic (exact) mass is 567 g/mol. The Morgan fingerprint density at radius 3 is 1.60 bits per heavy atom. The molecule has 0 aliphatic carbocycles. The second-order valence-corrected chi connectivity index (χ2v) is 10.7. The maximum Gasteiger partial charge on any atom is 0.132 e. The summed E-state index contributed by atoms with van der Waals surface area (Å²) in [6.07, 6.45) is 11.5. The smallest absolute Gasteiger partial charge is 0.132 e. The van der Waals surface area contributed by atoms with E-state index < -0.39 is 5.82 Å². The van der Waals surface area contributed by atoms with Crippen molar-refractivity contribution in [3.05, 3.63) is 90.2 Å². The van der Waals surface area contributed by atoms with Crippen LogP contribution in [0, 0.1) is 17.1 Å². The summed E-state index contributed by atoms with van der Waals surface area (Å²) in [4.78, 5) is 0. The Labute approximate surface area is 250 Å². The molecular weight excluding hydrogens is 525 g/mol. The minimum Gasteiger partial charge on any atom is -0.494 e. The normalized spacial score (nSPS) is 10.9. The van der Waals surface area contributed by atoms with E-state index in [0.29, 0.717) is 17.7 Å². The molecule has 0 spiro atoms. The van der Waals surface area contributed by atoms with Gasteiger partial charge in [0.15, 0.2) is 0 Å². The molecule has 5 heteroatoms. The van der Waals surface area contributed by atoms with Gasteiger partial charge in [0.05, 0.1) is 31.5 Å². The lowest BCUT2D eigenvalue weighted by Gasteiger charge is -2.10. The number of nitrogens with zero attached hydrogens (tertiary/aromatic N) is 1. The van der Waals surface area contributed by atoms with Gasteiger partial charge in [0, 0.05) is 5.56 Å². The number of ether oxygens (including phenoxy) is 3. The molecule has 0 fully saturated rings. The van der Waals surface area contributed by atoms with Gasteiger partial charge in [0.25, 0.3) is 0 Å². The van der Waals surface area contributed by atoms with Crippen LogP contribution in [0.3, 0.4) is 0 Å². The first-order valence-corrected chi connectivity index (χ1v) is 15.4. The van der Waals surface area contributed by atoms with Gasteiger partial charge in [-0.1, -0.05) is 82.2 Å². The van der Waals surface area contributed by atoms with Crippen LogP contribution in [0.4, 0.5) is 4.39 Å². The minimum absolute atomic E-state index is 0.318. The SMILES string of the molecule is CCCCCCOc1ccc2cc(OCCCCCCCCOc3ccc(-c4ccc(C#N)cc4F)cc3)ccc2c1. The summed E-state index contributed by atoms with van der Waals surface area (Å²) in [5.41, 5.74) is 1.57. The van der Waals surface area contributed by atoms with Gasteiger partial charge in [-0.05, 0) is 84.1 Å². The second kappa shape index (κ2) is 17.0. The Kier molecular flexibility index (Phi) is 12.5. The lowest BCUT2D eigenvalue weighted by atomic mass is 10.0. The molecule has 0 atom stereocenters. The zero-order chi connectivity index (χ0) is 29.4. The highest BCUT2D eigenvalue weighted by atomic mass is 19.1. The number of benzene rings is 4. The molecule has 0 saturated carbocycles. The Hall–Kier alpha value is -4.04. The fourth-order valence-electron chi connectivity index (χ4n) is 4.94. The highest BCUT2D eigenvalue weighted by Crippen LogP contribution is 2.27. The van der Waals surface area contributed by atoms with Crippen molar-refractivity contribution < 1.29 is 18.6 Å². The topological polar surface area (TPSA) is 51.5 Å². The van der Waals surface area contributed by atoms with E-state index in [4.69, 9.17) is 19.5 Å². The molecule has 0 bridgehead atoms. The predicted octanol–water partition coefficient (Wildman–Crippen LogP) is 10.3. The molecule has 4 aromatic rings. The zero-order valence-electron chi connectivity index (χ0n) is 24.7.